The lowest BCUT2D eigenvalue weighted by Crippen LogP contribution is -2.33. The Bertz CT molecular complexity index is 751. The van der Waals surface area contributed by atoms with Gasteiger partial charge in [-0.05, 0) is 113 Å². The minimum Gasteiger partial charge on any atom is -0.303 e. The molecule has 0 aromatic heterocycles. The van der Waals surface area contributed by atoms with E-state index < -0.39 is 0 Å². The van der Waals surface area contributed by atoms with Crippen LogP contribution in [0.3, 0.4) is 0 Å². The molecule has 3 aliphatic rings. The van der Waals surface area contributed by atoms with E-state index in [0.717, 1.165) is 30.6 Å². The van der Waals surface area contributed by atoms with E-state index in [1.54, 1.807) is 5.57 Å². The minimum absolute atomic E-state index is 0.441. The summed E-state index contributed by atoms with van der Waals surface area (Å²) >= 11 is 0. The Hall–Kier alpha value is -1.08. The van der Waals surface area contributed by atoms with Crippen LogP contribution in [0.1, 0.15) is 119 Å². The van der Waals surface area contributed by atoms with Crippen LogP contribution in [0.2, 0.25) is 0 Å². The lowest BCUT2D eigenvalue weighted by atomic mass is 9.62. The fraction of sp³-hybridized carbons (Fsp3) is 0.765. The van der Waals surface area contributed by atoms with E-state index in [9.17, 15) is 0 Å². The smallest absolute Gasteiger partial charge is 0.0273 e. The normalized spacial score (nSPS) is 32.1. The van der Waals surface area contributed by atoms with Crippen molar-refractivity contribution < 1.29 is 0 Å². The monoisotopic (exact) mass is 481 g/mol. The summed E-state index contributed by atoms with van der Waals surface area (Å²) in [6.45, 7) is 22.6. The van der Waals surface area contributed by atoms with Gasteiger partial charge in [0.05, 0.1) is 0 Å². The van der Waals surface area contributed by atoms with Gasteiger partial charge in [-0.2, -0.15) is 0 Å². The second kappa shape index (κ2) is 14.0. The van der Waals surface area contributed by atoms with E-state index in [1.165, 1.54) is 80.9 Å². The second-order valence-corrected chi connectivity index (χ2v) is 12.6. The number of allylic oxidation sites excluding steroid dienone is 5. The second-order valence-electron chi connectivity index (χ2n) is 12.6. The van der Waals surface area contributed by atoms with Crippen LogP contribution in [0.4, 0.5) is 0 Å². The van der Waals surface area contributed by atoms with Crippen molar-refractivity contribution in [2.45, 2.75) is 125 Å². The summed E-state index contributed by atoms with van der Waals surface area (Å²) < 4.78 is 0. The first-order valence-electron chi connectivity index (χ1n) is 15.1. The van der Waals surface area contributed by atoms with Gasteiger partial charge in [-0.25, -0.2) is 0 Å². The lowest BCUT2D eigenvalue weighted by Gasteiger charge is -2.42. The molecule has 0 bridgehead atoms. The van der Waals surface area contributed by atoms with Gasteiger partial charge in [0.25, 0.3) is 0 Å². The van der Waals surface area contributed by atoms with Gasteiger partial charge in [-0.15, -0.1) is 0 Å². The first-order chi connectivity index (χ1) is 16.6. The summed E-state index contributed by atoms with van der Waals surface area (Å²) in [5.74, 6) is 3.20. The molecule has 0 spiro atoms. The molecule has 200 valence electrons. The molecule has 35 heavy (non-hydrogen) atoms. The molecule has 0 radical (unpaired) electrons. The number of hydrogen-bond acceptors (Lipinski definition) is 1. The first-order valence-corrected chi connectivity index (χ1v) is 15.1. The van der Waals surface area contributed by atoms with Gasteiger partial charge in [0.1, 0.15) is 0 Å². The number of fused-ring (bicyclic) bond motifs is 1. The third-order valence-corrected chi connectivity index (χ3v) is 9.79. The maximum Gasteiger partial charge on any atom is 0.0273 e. The first kappa shape index (κ1) is 30.1. The quantitative estimate of drug-likeness (QED) is 0.234. The van der Waals surface area contributed by atoms with Gasteiger partial charge in [0.2, 0.25) is 0 Å². The summed E-state index contributed by atoms with van der Waals surface area (Å²) in [5, 5.41) is 0. The molecule has 1 heteroatoms. The highest BCUT2D eigenvalue weighted by Gasteiger charge is 2.48. The summed E-state index contributed by atoms with van der Waals surface area (Å²) in [6, 6.07) is 0.441. The molecule has 0 heterocycles. The van der Waals surface area contributed by atoms with Crippen LogP contribution in [-0.4, -0.2) is 25.0 Å². The van der Waals surface area contributed by atoms with Crippen LogP contribution in [0.15, 0.2) is 47.6 Å². The fourth-order valence-corrected chi connectivity index (χ4v) is 7.17. The maximum atomic E-state index is 4.50. The molecular formula is C34H59N. The summed E-state index contributed by atoms with van der Waals surface area (Å²) in [5.41, 5.74) is 6.54. The average molecular weight is 482 g/mol. The predicted molar refractivity (Wildman–Crippen MR) is 158 cm³/mol. The molecule has 0 N–H and O–H groups in total. The number of unbranched alkanes of at least 4 members (excludes halogenated alkanes) is 1. The Kier molecular flexibility index (Phi) is 12.1. The van der Waals surface area contributed by atoms with Gasteiger partial charge in [-0.3, -0.25) is 0 Å². The summed E-state index contributed by atoms with van der Waals surface area (Å²) in [7, 11) is 4.33. The van der Waals surface area contributed by atoms with Crippen LogP contribution >= 0.6 is 0 Å². The molecule has 3 saturated carbocycles. The number of rotatable bonds is 9. The molecule has 0 aromatic rings. The van der Waals surface area contributed by atoms with Crippen molar-refractivity contribution in [3.05, 3.63) is 47.6 Å². The van der Waals surface area contributed by atoms with Crippen molar-refractivity contribution in [1.29, 1.82) is 0 Å². The van der Waals surface area contributed by atoms with Gasteiger partial charge in [-0.1, -0.05) is 95.9 Å². The Morgan fingerprint density at radius 1 is 1.06 bits per heavy atom. The minimum atomic E-state index is 0.441. The average Bonchev–Trinajstić information content (AvgIpc) is 3.18. The zero-order valence-electron chi connectivity index (χ0n) is 24.9. The third kappa shape index (κ3) is 7.70. The van der Waals surface area contributed by atoms with Crippen molar-refractivity contribution in [3.63, 3.8) is 0 Å². The molecule has 3 aliphatic carbocycles. The van der Waals surface area contributed by atoms with Gasteiger partial charge >= 0.3 is 0 Å². The predicted octanol–water partition coefficient (Wildman–Crippen LogP) is 10.2. The molecule has 3 fully saturated rings. The van der Waals surface area contributed by atoms with E-state index in [2.05, 4.69) is 72.0 Å². The fourth-order valence-electron chi connectivity index (χ4n) is 7.17. The zero-order chi connectivity index (χ0) is 26.2. The standard InChI is InChI=1S/C32H53N.C2H6/c1-23(2)12-9-10-14-30-19-20-31-27(13-11-21-32(30,31)6)17-18-28-22-29(16-15-24(28)3)25(4)26(5)33(7)8;1-2/h17-18,23,26,29-31H,3-4,9-16,19-22H2,1-2,5-8H3;1-2H3/b27-17+,28-18+;. The third-order valence-electron chi connectivity index (χ3n) is 9.79. The molecule has 1 nitrogen and oxygen atoms in total. The molecule has 0 aliphatic heterocycles. The van der Waals surface area contributed by atoms with E-state index in [4.69, 9.17) is 0 Å². The van der Waals surface area contributed by atoms with Gasteiger partial charge < -0.3 is 4.90 Å². The van der Waals surface area contributed by atoms with Crippen LogP contribution in [0.25, 0.3) is 0 Å². The van der Waals surface area contributed by atoms with Crippen LogP contribution in [-0.2, 0) is 0 Å². The van der Waals surface area contributed by atoms with Crippen molar-refractivity contribution in [2.24, 2.45) is 29.1 Å². The van der Waals surface area contributed by atoms with Crippen molar-refractivity contribution in [2.75, 3.05) is 14.1 Å². The number of hydrogen-bond donors (Lipinski definition) is 0. The molecule has 5 unspecified atom stereocenters. The maximum absolute atomic E-state index is 4.50. The SMILES string of the molecule is C=C1CCC(C(=C)C(C)N(C)C)C/C1=C\C=C1/CCCC2(C)C(CCCCC(C)C)CCC12.CC. The zero-order valence-corrected chi connectivity index (χ0v) is 24.9. The van der Waals surface area contributed by atoms with Gasteiger partial charge in [0, 0.05) is 6.04 Å². The highest BCUT2D eigenvalue weighted by Crippen LogP contribution is 2.58. The van der Waals surface area contributed by atoms with Crippen molar-refractivity contribution in [1.82, 2.24) is 4.90 Å². The van der Waals surface area contributed by atoms with Crippen LogP contribution in [0.5, 0.6) is 0 Å². The molecule has 0 amide bonds. The molecule has 0 aromatic carbocycles. The van der Waals surface area contributed by atoms with E-state index in [0.29, 0.717) is 17.4 Å². The topological polar surface area (TPSA) is 3.24 Å². The van der Waals surface area contributed by atoms with E-state index in [1.807, 2.05) is 13.8 Å². The van der Waals surface area contributed by atoms with Gasteiger partial charge in [0.15, 0.2) is 0 Å². The Labute approximate surface area is 220 Å². The van der Waals surface area contributed by atoms with E-state index >= 15 is 0 Å². The Morgan fingerprint density at radius 2 is 1.77 bits per heavy atom. The number of likely N-dealkylation sites (N-methyl/N-ethyl adjacent to an activating group) is 1. The highest BCUT2D eigenvalue weighted by atomic mass is 15.1. The summed E-state index contributed by atoms with van der Waals surface area (Å²) in [6.07, 6.45) is 21.2. The van der Waals surface area contributed by atoms with Crippen molar-refractivity contribution in [3.8, 4) is 0 Å². The Balaban J connectivity index is 0.00000210. The Morgan fingerprint density at radius 3 is 2.43 bits per heavy atom. The largest absolute Gasteiger partial charge is 0.303 e. The molecule has 0 saturated heterocycles. The summed E-state index contributed by atoms with van der Waals surface area (Å²) in [4.78, 5) is 2.29. The van der Waals surface area contributed by atoms with E-state index in [-0.39, 0.29) is 0 Å². The van der Waals surface area contributed by atoms with Crippen molar-refractivity contribution >= 4 is 0 Å². The molecule has 3 rings (SSSR count). The van der Waals surface area contributed by atoms with Crippen LogP contribution < -0.4 is 0 Å². The lowest BCUT2D eigenvalue weighted by molar-refractivity contribution is 0.127. The van der Waals surface area contributed by atoms with Crippen LogP contribution in [0, 0.1) is 29.1 Å². The number of nitrogens with zero attached hydrogens (tertiary/aromatic N) is 1. The molecular weight excluding hydrogens is 422 g/mol. The highest BCUT2D eigenvalue weighted by molar-refractivity contribution is 5.37. The molecule has 5 atom stereocenters.